The van der Waals surface area contributed by atoms with Crippen LogP contribution in [0.15, 0.2) is 60.2 Å². The SMILES string of the molecule is CCCC/C(C(=O)OC)=C(\c1ccccc1)c1ccc(OC)cc1. The summed E-state index contributed by atoms with van der Waals surface area (Å²) in [5.41, 5.74) is 3.65. The molecule has 0 saturated heterocycles. The number of methoxy groups -OCH3 is 2. The molecule has 0 atom stereocenters. The standard InChI is InChI=1S/C21H24O3/c1-4-5-11-19(21(22)24-3)20(16-9-7-6-8-10-16)17-12-14-18(23-2)15-13-17/h6-10,12-15H,4-5,11H2,1-3H3/b20-19-. The van der Waals surface area contributed by atoms with Crippen LogP contribution in [0.1, 0.15) is 37.3 Å². The Morgan fingerprint density at radius 3 is 2.08 bits per heavy atom. The molecule has 2 rings (SSSR count). The van der Waals surface area contributed by atoms with E-state index in [1.165, 1.54) is 7.11 Å². The molecule has 0 bridgehead atoms. The Bertz CT molecular complexity index is 685. The Morgan fingerprint density at radius 1 is 0.917 bits per heavy atom. The van der Waals surface area contributed by atoms with E-state index in [1.807, 2.05) is 54.6 Å². The summed E-state index contributed by atoms with van der Waals surface area (Å²) in [6.45, 7) is 2.12. The monoisotopic (exact) mass is 324 g/mol. The van der Waals surface area contributed by atoms with E-state index in [0.29, 0.717) is 6.42 Å². The molecular weight excluding hydrogens is 300 g/mol. The van der Waals surface area contributed by atoms with Crippen LogP contribution in [0.2, 0.25) is 0 Å². The van der Waals surface area contributed by atoms with Crippen LogP contribution in [0.4, 0.5) is 0 Å². The molecule has 24 heavy (non-hydrogen) atoms. The van der Waals surface area contributed by atoms with Crippen molar-refractivity contribution in [2.45, 2.75) is 26.2 Å². The largest absolute Gasteiger partial charge is 0.497 e. The normalized spacial score (nSPS) is 11.6. The second-order valence-electron chi connectivity index (χ2n) is 5.54. The fourth-order valence-electron chi connectivity index (χ4n) is 2.68. The van der Waals surface area contributed by atoms with Crippen LogP contribution in [-0.2, 0) is 9.53 Å². The van der Waals surface area contributed by atoms with E-state index in [0.717, 1.165) is 40.9 Å². The predicted molar refractivity (Wildman–Crippen MR) is 97.0 cm³/mol. The first-order valence-electron chi connectivity index (χ1n) is 8.22. The summed E-state index contributed by atoms with van der Waals surface area (Å²) in [6, 6.07) is 17.8. The van der Waals surface area contributed by atoms with Gasteiger partial charge in [-0.3, -0.25) is 0 Å². The van der Waals surface area contributed by atoms with Crippen molar-refractivity contribution in [3.05, 3.63) is 71.3 Å². The summed E-state index contributed by atoms with van der Waals surface area (Å²) in [7, 11) is 3.08. The highest BCUT2D eigenvalue weighted by Crippen LogP contribution is 2.31. The number of esters is 1. The third-order valence-corrected chi connectivity index (χ3v) is 3.96. The molecule has 0 heterocycles. The molecule has 0 aliphatic rings. The van der Waals surface area contributed by atoms with Crippen molar-refractivity contribution < 1.29 is 14.3 Å². The van der Waals surface area contributed by atoms with Gasteiger partial charge in [-0.2, -0.15) is 0 Å². The van der Waals surface area contributed by atoms with Gasteiger partial charge in [0.05, 0.1) is 14.2 Å². The number of rotatable bonds is 7. The third kappa shape index (κ3) is 4.25. The highest BCUT2D eigenvalue weighted by atomic mass is 16.5. The predicted octanol–water partition coefficient (Wildman–Crippen LogP) is 4.86. The average molecular weight is 324 g/mol. The van der Waals surface area contributed by atoms with E-state index in [1.54, 1.807) is 7.11 Å². The number of benzene rings is 2. The highest BCUT2D eigenvalue weighted by molar-refractivity contribution is 6.01. The van der Waals surface area contributed by atoms with Gasteiger partial charge in [0.15, 0.2) is 0 Å². The topological polar surface area (TPSA) is 35.5 Å². The fraction of sp³-hybridized carbons (Fsp3) is 0.286. The Morgan fingerprint density at radius 2 is 1.54 bits per heavy atom. The summed E-state index contributed by atoms with van der Waals surface area (Å²) < 4.78 is 10.3. The molecule has 0 amide bonds. The van der Waals surface area contributed by atoms with E-state index < -0.39 is 0 Å². The number of hydrogen-bond acceptors (Lipinski definition) is 3. The van der Waals surface area contributed by atoms with Gasteiger partial charge in [-0.05, 0) is 41.7 Å². The molecule has 0 radical (unpaired) electrons. The van der Waals surface area contributed by atoms with Crippen molar-refractivity contribution >= 4 is 11.5 Å². The molecule has 0 unspecified atom stereocenters. The molecule has 126 valence electrons. The lowest BCUT2D eigenvalue weighted by Crippen LogP contribution is -2.09. The fourth-order valence-corrected chi connectivity index (χ4v) is 2.68. The molecule has 3 nitrogen and oxygen atoms in total. The van der Waals surface area contributed by atoms with Crippen molar-refractivity contribution in [2.24, 2.45) is 0 Å². The van der Waals surface area contributed by atoms with Crippen LogP contribution in [-0.4, -0.2) is 20.2 Å². The van der Waals surface area contributed by atoms with Crippen LogP contribution < -0.4 is 4.74 Å². The van der Waals surface area contributed by atoms with Crippen molar-refractivity contribution in [3.63, 3.8) is 0 Å². The maximum atomic E-state index is 12.4. The Balaban J connectivity index is 2.62. The summed E-state index contributed by atoms with van der Waals surface area (Å²) >= 11 is 0. The lowest BCUT2D eigenvalue weighted by Gasteiger charge is -2.15. The molecule has 0 spiro atoms. The number of unbranched alkanes of at least 4 members (excludes halogenated alkanes) is 1. The van der Waals surface area contributed by atoms with E-state index in [4.69, 9.17) is 9.47 Å². The minimum absolute atomic E-state index is 0.266. The van der Waals surface area contributed by atoms with Gasteiger partial charge in [0, 0.05) is 5.57 Å². The van der Waals surface area contributed by atoms with Crippen molar-refractivity contribution in [3.8, 4) is 5.75 Å². The zero-order valence-electron chi connectivity index (χ0n) is 14.5. The average Bonchev–Trinajstić information content (AvgIpc) is 2.65. The maximum absolute atomic E-state index is 12.4. The van der Waals surface area contributed by atoms with Gasteiger partial charge in [-0.15, -0.1) is 0 Å². The number of hydrogen-bond donors (Lipinski definition) is 0. The van der Waals surface area contributed by atoms with Gasteiger partial charge >= 0.3 is 5.97 Å². The first-order chi connectivity index (χ1) is 11.7. The van der Waals surface area contributed by atoms with Gasteiger partial charge in [-0.1, -0.05) is 55.8 Å². The number of carbonyl (C=O) groups is 1. The molecule has 0 saturated carbocycles. The van der Waals surface area contributed by atoms with Gasteiger partial charge in [0.2, 0.25) is 0 Å². The number of carbonyl (C=O) groups excluding carboxylic acids is 1. The molecule has 0 aromatic heterocycles. The van der Waals surface area contributed by atoms with Gasteiger partial charge in [0.25, 0.3) is 0 Å². The maximum Gasteiger partial charge on any atom is 0.334 e. The minimum atomic E-state index is -0.266. The van der Waals surface area contributed by atoms with Crippen molar-refractivity contribution in [2.75, 3.05) is 14.2 Å². The molecule has 0 aliphatic heterocycles. The van der Waals surface area contributed by atoms with E-state index >= 15 is 0 Å². The smallest absolute Gasteiger partial charge is 0.334 e. The summed E-state index contributed by atoms with van der Waals surface area (Å²) in [4.78, 5) is 12.4. The Hall–Kier alpha value is -2.55. The summed E-state index contributed by atoms with van der Waals surface area (Å²) in [5.74, 6) is 0.525. The lowest BCUT2D eigenvalue weighted by atomic mass is 9.90. The molecule has 2 aromatic rings. The second-order valence-corrected chi connectivity index (χ2v) is 5.54. The van der Waals surface area contributed by atoms with E-state index in [-0.39, 0.29) is 5.97 Å². The molecule has 0 aliphatic carbocycles. The van der Waals surface area contributed by atoms with Crippen LogP contribution in [0.3, 0.4) is 0 Å². The summed E-state index contributed by atoms with van der Waals surface area (Å²) in [6.07, 6.45) is 2.65. The Kier molecular flexibility index (Phi) is 6.62. The molecule has 3 heteroatoms. The zero-order valence-corrected chi connectivity index (χ0v) is 14.5. The quantitative estimate of drug-likeness (QED) is 0.539. The highest BCUT2D eigenvalue weighted by Gasteiger charge is 2.18. The molecule has 0 N–H and O–H groups in total. The van der Waals surface area contributed by atoms with Crippen molar-refractivity contribution in [1.29, 1.82) is 0 Å². The van der Waals surface area contributed by atoms with Crippen LogP contribution in [0.25, 0.3) is 5.57 Å². The van der Waals surface area contributed by atoms with Crippen molar-refractivity contribution in [1.82, 2.24) is 0 Å². The van der Waals surface area contributed by atoms with Gasteiger partial charge < -0.3 is 9.47 Å². The van der Waals surface area contributed by atoms with E-state index in [2.05, 4.69) is 6.92 Å². The minimum Gasteiger partial charge on any atom is -0.497 e. The second kappa shape index (κ2) is 8.92. The first kappa shape index (κ1) is 17.8. The summed E-state index contributed by atoms with van der Waals surface area (Å²) in [5, 5.41) is 0. The Labute approximate surface area is 143 Å². The number of ether oxygens (including phenoxy) is 2. The lowest BCUT2D eigenvalue weighted by molar-refractivity contribution is -0.136. The first-order valence-corrected chi connectivity index (χ1v) is 8.22. The van der Waals surface area contributed by atoms with E-state index in [9.17, 15) is 4.79 Å². The third-order valence-electron chi connectivity index (χ3n) is 3.96. The van der Waals surface area contributed by atoms with Crippen LogP contribution >= 0.6 is 0 Å². The molecule has 2 aromatic carbocycles. The van der Waals surface area contributed by atoms with Crippen LogP contribution in [0, 0.1) is 0 Å². The molecule has 0 fully saturated rings. The molecular formula is C21H24O3. The zero-order chi connectivity index (χ0) is 17.4. The van der Waals surface area contributed by atoms with Crippen LogP contribution in [0.5, 0.6) is 5.75 Å². The van der Waals surface area contributed by atoms with Gasteiger partial charge in [0.1, 0.15) is 5.75 Å². The van der Waals surface area contributed by atoms with Gasteiger partial charge in [-0.25, -0.2) is 4.79 Å².